The predicted molar refractivity (Wildman–Crippen MR) is 71.7 cm³/mol. The quantitative estimate of drug-likeness (QED) is 0.869. The molecule has 0 spiro atoms. The zero-order valence-corrected chi connectivity index (χ0v) is 11.6. The van der Waals surface area contributed by atoms with Crippen LogP contribution in [0.4, 0.5) is 0 Å². The van der Waals surface area contributed by atoms with Crippen LogP contribution in [0.25, 0.3) is 0 Å². The van der Waals surface area contributed by atoms with E-state index in [9.17, 15) is 0 Å². The Morgan fingerprint density at radius 2 is 2.33 bits per heavy atom. The van der Waals surface area contributed by atoms with Crippen molar-refractivity contribution in [3.05, 3.63) is 23.3 Å². The van der Waals surface area contributed by atoms with E-state index in [0.29, 0.717) is 11.8 Å². The molecule has 0 amide bonds. The second kappa shape index (κ2) is 6.25. The molecule has 0 bridgehead atoms. The van der Waals surface area contributed by atoms with E-state index in [1.165, 1.54) is 11.3 Å². The van der Waals surface area contributed by atoms with Crippen LogP contribution >= 0.6 is 0 Å². The molecule has 1 saturated heterocycles. The van der Waals surface area contributed by atoms with Gasteiger partial charge in [-0.15, -0.1) is 0 Å². The molecule has 1 aromatic rings. The summed E-state index contributed by atoms with van der Waals surface area (Å²) in [5, 5.41) is 3.34. The lowest BCUT2D eigenvalue weighted by Gasteiger charge is -2.15. The van der Waals surface area contributed by atoms with Crippen LogP contribution in [0.2, 0.25) is 0 Å². The molecule has 1 unspecified atom stereocenters. The van der Waals surface area contributed by atoms with Gasteiger partial charge in [0.2, 0.25) is 0 Å². The van der Waals surface area contributed by atoms with Crippen molar-refractivity contribution in [3.63, 3.8) is 0 Å². The maximum Gasteiger partial charge on any atom is 0.134 e. The smallest absolute Gasteiger partial charge is 0.134 e. The summed E-state index contributed by atoms with van der Waals surface area (Å²) in [6.07, 6.45) is 3.03. The first-order valence-corrected chi connectivity index (χ1v) is 6.86. The van der Waals surface area contributed by atoms with Gasteiger partial charge in [-0.25, -0.2) is 9.97 Å². The first-order valence-electron chi connectivity index (χ1n) is 6.86. The minimum absolute atomic E-state index is 0.385. The summed E-state index contributed by atoms with van der Waals surface area (Å²) in [5.41, 5.74) is 2.39. The summed E-state index contributed by atoms with van der Waals surface area (Å²) in [6.45, 7) is 9.91. The van der Waals surface area contributed by atoms with Crippen molar-refractivity contribution in [2.75, 3.05) is 19.8 Å². The van der Waals surface area contributed by atoms with Gasteiger partial charge in [-0.1, -0.05) is 20.8 Å². The van der Waals surface area contributed by atoms with Crippen LogP contribution in [0, 0.1) is 0 Å². The van der Waals surface area contributed by atoms with Crippen LogP contribution in [0.1, 0.15) is 56.1 Å². The number of rotatable bonds is 5. The molecule has 4 nitrogen and oxygen atoms in total. The van der Waals surface area contributed by atoms with E-state index < -0.39 is 0 Å². The highest BCUT2D eigenvalue weighted by Gasteiger charge is 2.22. The van der Waals surface area contributed by atoms with Gasteiger partial charge in [0, 0.05) is 30.8 Å². The Balaban J connectivity index is 2.21. The molecule has 1 aliphatic heterocycles. The Bertz CT molecular complexity index is 387. The lowest BCUT2D eigenvalue weighted by molar-refractivity contribution is 0.193. The number of nitrogens with zero attached hydrogens (tertiary/aromatic N) is 2. The summed E-state index contributed by atoms with van der Waals surface area (Å²) < 4.78 is 5.41. The van der Waals surface area contributed by atoms with Crippen LogP contribution in [0.5, 0.6) is 0 Å². The van der Waals surface area contributed by atoms with Crippen molar-refractivity contribution in [2.24, 2.45) is 0 Å². The molecule has 0 aromatic carbocycles. The van der Waals surface area contributed by atoms with Crippen molar-refractivity contribution < 1.29 is 4.74 Å². The second-order valence-corrected chi connectivity index (χ2v) is 5.13. The van der Waals surface area contributed by atoms with E-state index >= 15 is 0 Å². The summed E-state index contributed by atoms with van der Waals surface area (Å²) in [4.78, 5) is 9.30. The standard InChI is InChI=1S/C14H23N3O/c1-4-15-7-12-8-16-14(11-5-6-18-9-11)17-13(12)10(2)3/h8,10-11,15H,4-7,9H2,1-3H3. The topological polar surface area (TPSA) is 47.0 Å². The zero-order valence-electron chi connectivity index (χ0n) is 11.6. The van der Waals surface area contributed by atoms with Crippen LogP contribution in [-0.4, -0.2) is 29.7 Å². The largest absolute Gasteiger partial charge is 0.381 e. The van der Waals surface area contributed by atoms with Crippen LogP contribution in [0.3, 0.4) is 0 Å². The number of aromatic nitrogens is 2. The highest BCUT2D eigenvalue weighted by molar-refractivity contribution is 5.22. The lowest BCUT2D eigenvalue weighted by Crippen LogP contribution is -2.17. The predicted octanol–water partition coefficient (Wildman–Crippen LogP) is 2.21. The molecule has 0 aliphatic carbocycles. The molecular weight excluding hydrogens is 226 g/mol. The van der Waals surface area contributed by atoms with Gasteiger partial charge in [0.1, 0.15) is 5.82 Å². The van der Waals surface area contributed by atoms with E-state index in [4.69, 9.17) is 9.72 Å². The summed E-state index contributed by atoms with van der Waals surface area (Å²) in [5.74, 6) is 1.77. The minimum atomic E-state index is 0.385. The van der Waals surface area contributed by atoms with Gasteiger partial charge in [0.25, 0.3) is 0 Å². The van der Waals surface area contributed by atoms with Gasteiger partial charge in [-0.2, -0.15) is 0 Å². The van der Waals surface area contributed by atoms with E-state index in [2.05, 4.69) is 31.1 Å². The first-order chi connectivity index (χ1) is 8.72. The summed E-state index contributed by atoms with van der Waals surface area (Å²) in [6, 6.07) is 0. The normalized spacial score (nSPS) is 19.7. The van der Waals surface area contributed by atoms with Crippen molar-refractivity contribution in [2.45, 2.75) is 45.6 Å². The molecule has 4 heteroatoms. The number of ether oxygens (including phenoxy) is 1. The van der Waals surface area contributed by atoms with Gasteiger partial charge < -0.3 is 10.1 Å². The molecule has 1 atom stereocenters. The highest BCUT2D eigenvalue weighted by Crippen LogP contribution is 2.24. The first kappa shape index (κ1) is 13.4. The molecule has 1 aliphatic rings. The van der Waals surface area contributed by atoms with Gasteiger partial charge in [0.15, 0.2) is 0 Å². The molecule has 1 fully saturated rings. The average molecular weight is 249 g/mol. The molecule has 2 heterocycles. The average Bonchev–Trinajstić information content (AvgIpc) is 2.90. The maximum absolute atomic E-state index is 5.41. The zero-order chi connectivity index (χ0) is 13.0. The van der Waals surface area contributed by atoms with Gasteiger partial charge in [-0.3, -0.25) is 0 Å². The number of nitrogens with one attached hydrogen (secondary N) is 1. The number of hydrogen-bond acceptors (Lipinski definition) is 4. The fourth-order valence-electron chi connectivity index (χ4n) is 2.26. The Labute approximate surface area is 109 Å². The SMILES string of the molecule is CCNCc1cnc(C2CCOC2)nc1C(C)C. The summed E-state index contributed by atoms with van der Waals surface area (Å²) >= 11 is 0. The van der Waals surface area contributed by atoms with Crippen molar-refractivity contribution in [1.82, 2.24) is 15.3 Å². The Morgan fingerprint density at radius 1 is 1.50 bits per heavy atom. The van der Waals surface area contributed by atoms with Gasteiger partial charge in [0.05, 0.1) is 12.3 Å². The monoisotopic (exact) mass is 249 g/mol. The van der Waals surface area contributed by atoms with Crippen LogP contribution < -0.4 is 5.32 Å². The third kappa shape index (κ3) is 3.06. The van der Waals surface area contributed by atoms with Crippen LogP contribution in [0.15, 0.2) is 6.20 Å². The third-order valence-electron chi connectivity index (χ3n) is 3.32. The fraction of sp³-hybridized carbons (Fsp3) is 0.714. The van der Waals surface area contributed by atoms with E-state index in [-0.39, 0.29) is 0 Å². The Morgan fingerprint density at radius 3 is 2.94 bits per heavy atom. The van der Waals surface area contributed by atoms with Crippen LogP contribution in [-0.2, 0) is 11.3 Å². The summed E-state index contributed by atoms with van der Waals surface area (Å²) in [7, 11) is 0. The third-order valence-corrected chi connectivity index (χ3v) is 3.32. The Kier molecular flexibility index (Phi) is 4.66. The molecule has 0 saturated carbocycles. The number of hydrogen-bond donors (Lipinski definition) is 1. The highest BCUT2D eigenvalue weighted by atomic mass is 16.5. The molecule has 18 heavy (non-hydrogen) atoms. The van der Waals surface area contributed by atoms with Gasteiger partial charge >= 0.3 is 0 Å². The minimum Gasteiger partial charge on any atom is -0.381 e. The van der Waals surface area contributed by atoms with E-state index in [1.807, 2.05) is 6.20 Å². The molecule has 1 N–H and O–H groups in total. The molecular formula is C14H23N3O. The molecule has 100 valence electrons. The van der Waals surface area contributed by atoms with Crippen molar-refractivity contribution in [3.8, 4) is 0 Å². The van der Waals surface area contributed by atoms with Crippen molar-refractivity contribution in [1.29, 1.82) is 0 Å². The molecule has 1 aromatic heterocycles. The van der Waals surface area contributed by atoms with E-state index in [1.54, 1.807) is 0 Å². The second-order valence-electron chi connectivity index (χ2n) is 5.13. The van der Waals surface area contributed by atoms with E-state index in [0.717, 1.165) is 38.5 Å². The fourth-order valence-corrected chi connectivity index (χ4v) is 2.26. The van der Waals surface area contributed by atoms with Gasteiger partial charge in [-0.05, 0) is 18.9 Å². The maximum atomic E-state index is 5.41. The molecule has 2 rings (SSSR count). The molecule has 0 radical (unpaired) electrons. The van der Waals surface area contributed by atoms with Crippen molar-refractivity contribution >= 4 is 0 Å². The lowest BCUT2D eigenvalue weighted by atomic mass is 10.0. The Hall–Kier alpha value is -1.00.